The monoisotopic (exact) mass is 249 g/mol. The van der Waals surface area contributed by atoms with E-state index in [2.05, 4.69) is 0 Å². The smallest absolute Gasteiger partial charge is 0.304 e. The maximum Gasteiger partial charge on any atom is 0.304 e. The van der Waals surface area contributed by atoms with Crippen LogP contribution in [0.25, 0.3) is 0 Å². The Kier molecular flexibility index (Phi) is 5.95. The van der Waals surface area contributed by atoms with E-state index in [1.165, 1.54) is 14.1 Å². The summed E-state index contributed by atoms with van der Waals surface area (Å²) in [5.41, 5.74) is 0. The molecule has 16 heavy (non-hydrogen) atoms. The molecule has 0 aliphatic rings. The van der Waals surface area contributed by atoms with Crippen LogP contribution in [0, 0.1) is 11.3 Å². The van der Waals surface area contributed by atoms with Crippen molar-refractivity contribution in [2.24, 2.45) is 0 Å². The van der Waals surface area contributed by atoms with Gasteiger partial charge in [0, 0.05) is 33.6 Å². The number of rotatable bonds is 7. The van der Waals surface area contributed by atoms with Crippen LogP contribution in [0.3, 0.4) is 0 Å². The molecule has 7 nitrogen and oxygen atoms in total. The molecule has 0 aromatic heterocycles. The first-order chi connectivity index (χ1) is 7.32. The fraction of sp³-hybridized carbons (Fsp3) is 0.750. The molecule has 0 aliphatic heterocycles. The van der Waals surface area contributed by atoms with Crippen molar-refractivity contribution in [3.05, 3.63) is 0 Å². The van der Waals surface area contributed by atoms with Crippen molar-refractivity contribution in [2.45, 2.75) is 12.8 Å². The van der Waals surface area contributed by atoms with Gasteiger partial charge in [-0.15, -0.1) is 0 Å². The van der Waals surface area contributed by atoms with Crippen LogP contribution in [0.1, 0.15) is 12.8 Å². The molecule has 0 atom stereocenters. The van der Waals surface area contributed by atoms with Crippen molar-refractivity contribution < 1.29 is 18.3 Å². The zero-order valence-corrected chi connectivity index (χ0v) is 10.1. The second-order valence-electron chi connectivity index (χ2n) is 3.20. The van der Waals surface area contributed by atoms with E-state index in [4.69, 9.17) is 10.4 Å². The zero-order chi connectivity index (χ0) is 12.8. The average molecular weight is 249 g/mol. The van der Waals surface area contributed by atoms with Crippen molar-refractivity contribution in [3.8, 4) is 6.07 Å². The van der Waals surface area contributed by atoms with Gasteiger partial charge in [-0.05, 0) is 0 Å². The number of nitriles is 1. The van der Waals surface area contributed by atoms with Gasteiger partial charge in [-0.25, -0.2) is 0 Å². The van der Waals surface area contributed by atoms with Gasteiger partial charge in [0.05, 0.1) is 12.5 Å². The number of aliphatic carboxylic acids is 1. The SMILES string of the molecule is CN(CCC#N)S(=O)(=O)N(C)CCC(=O)O. The van der Waals surface area contributed by atoms with Gasteiger partial charge in [0.2, 0.25) is 0 Å². The maximum atomic E-state index is 11.7. The lowest BCUT2D eigenvalue weighted by atomic mass is 10.4. The number of carboxylic acid groups (broad SMARTS) is 1. The molecule has 92 valence electrons. The first-order valence-electron chi connectivity index (χ1n) is 4.58. The molecule has 0 rings (SSSR count). The summed E-state index contributed by atoms with van der Waals surface area (Å²) in [4.78, 5) is 10.3. The quantitative estimate of drug-likeness (QED) is 0.654. The summed E-state index contributed by atoms with van der Waals surface area (Å²) in [6.07, 6.45) is -0.148. The van der Waals surface area contributed by atoms with E-state index in [1.807, 2.05) is 6.07 Å². The molecule has 0 aliphatic carbocycles. The van der Waals surface area contributed by atoms with Crippen molar-refractivity contribution in [2.75, 3.05) is 27.2 Å². The maximum absolute atomic E-state index is 11.7. The van der Waals surface area contributed by atoms with Crippen LogP contribution in [0.2, 0.25) is 0 Å². The molecular formula is C8H15N3O4S. The minimum Gasteiger partial charge on any atom is -0.481 e. The third kappa shape index (κ3) is 4.57. The third-order valence-corrected chi connectivity index (χ3v) is 3.91. The van der Waals surface area contributed by atoms with Gasteiger partial charge in [-0.2, -0.15) is 22.3 Å². The highest BCUT2D eigenvalue weighted by Crippen LogP contribution is 2.05. The first kappa shape index (κ1) is 14.8. The van der Waals surface area contributed by atoms with E-state index in [0.717, 1.165) is 8.61 Å². The van der Waals surface area contributed by atoms with Crippen LogP contribution >= 0.6 is 0 Å². The van der Waals surface area contributed by atoms with Crippen LogP contribution < -0.4 is 0 Å². The normalized spacial score (nSPS) is 11.7. The van der Waals surface area contributed by atoms with E-state index in [0.29, 0.717) is 0 Å². The lowest BCUT2D eigenvalue weighted by Gasteiger charge is -2.23. The summed E-state index contributed by atoms with van der Waals surface area (Å²) in [6, 6.07) is 1.84. The molecule has 0 bridgehead atoms. The highest BCUT2D eigenvalue weighted by atomic mass is 32.2. The standard InChI is InChI=1S/C8H15N3O4S/c1-10(6-3-5-9)16(14,15)11(2)7-4-8(12)13/h3-4,6-7H2,1-2H3,(H,12,13). The molecule has 1 N–H and O–H groups in total. The molecule has 0 radical (unpaired) electrons. The summed E-state index contributed by atoms with van der Waals surface area (Å²) in [5, 5.41) is 16.8. The summed E-state index contributed by atoms with van der Waals surface area (Å²) < 4.78 is 25.4. The Labute approximate surface area is 95.1 Å². The lowest BCUT2D eigenvalue weighted by molar-refractivity contribution is -0.137. The lowest BCUT2D eigenvalue weighted by Crippen LogP contribution is -2.40. The van der Waals surface area contributed by atoms with Gasteiger partial charge >= 0.3 is 5.97 Å². The zero-order valence-electron chi connectivity index (χ0n) is 9.25. The number of hydrogen-bond donors (Lipinski definition) is 1. The van der Waals surface area contributed by atoms with E-state index in [-0.39, 0.29) is 25.9 Å². The summed E-state index contributed by atoms with van der Waals surface area (Å²) in [7, 11) is -0.997. The second-order valence-corrected chi connectivity index (χ2v) is 5.35. The molecule has 0 heterocycles. The van der Waals surface area contributed by atoms with Crippen LogP contribution in [0.4, 0.5) is 0 Å². The predicted octanol–water partition coefficient (Wildman–Crippen LogP) is -0.517. The van der Waals surface area contributed by atoms with Crippen molar-refractivity contribution >= 4 is 16.2 Å². The van der Waals surface area contributed by atoms with Gasteiger partial charge in [0.25, 0.3) is 10.2 Å². The Morgan fingerprint density at radius 2 is 1.81 bits per heavy atom. The van der Waals surface area contributed by atoms with Gasteiger partial charge in [-0.3, -0.25) is 4.79 Å². The summed E-state index contributed by atoms with van der Waals surface area (Å²) >= 11 is 0. The first-order valence-corrected chi connectivity index (χ1v) is 5.98. The van der Waals surface area contributed by atoms with Gasteiger partial charge in [0.15, 0.2) is 0 Å². The van der Waals surface area contributed by atoms with Crippen LogP contribution in [0.15, 0.2) is 0 Å². The number of hydrogen-bond acceptors (Lipinski definition) is 4. The fourth-order valence-corrected chi connectivity index (χ4v) is 2.05. The molecule has 0 amide bonds. The molecule has 0 aromatic rings. The minimum absolute atomic E-state index is 0.0887. The van der Waals surface area contributed by atoms with Crippen LogP contribution in [-0.4, -0.2) is 55.3 Å². The van der Waals surface area contributed by atoms with E-state index in [1.54, 1.807) is 0 Å². The van der Waals surface area contributed by atoms with E-state index < -0.39 is 16.2 Å². The highest BCUT2D eigenvalue weighted by molar-refractivity contribution is 7.86. The van der Waals surface area contributed by atoms with Gasteiger partial charge < -0.3 is 5.11 Å². The molecule has 0 unspecified atom stereocenters. The van der Waals surface area contributed by atoms with E-state index >= 15 is 0 Å². The average Bonchev–Trinajstić information content (AvgIpc) is 2.21. The minimum atomic E-state index is -3.65. The van der Waals surface area contributed by atoms with E-state index in [9.17, 15) is 13.2 Å². The Hall–Kier alpha value is -1.17. The van der Waals surface area contributed by atoms with Gasteiger partial charge in [0.1, 0.15) is 0 Å². The molecule has 0 saturated carbocycles. The Morgan fingerprint density at radius 3 is 2.25 bits per heavy atom. The molecule has 0 spiro atoms. The topological polar surface area (TPSA) is 102 Å². The predicted molar refractivity (Wildman–Crippen MR) is 56.7 cm³/mol. The van der Waals surface area contributed by atoms with Crippen molar-refractivity contribution in [3.63, 3.8) is 0 Å². The number of carbonyl (C=O) groups is 1. The highest BCUT2D eigenvalue weighted by Gasteiger charge is 2.23. The Morgan fingerprint density at radius 1 is 1.31 bits per heavy atom. The largest absolute Gasteiger partial charge is 0.481 e. The molecular weight excluding hydrogens is 234 g/mol. The fourth-order valence-electron chi connectivity index (χ4n) is 0.929. The van der Waals surface area contributed by atoms with Crippen molar-refractivity contribution in [1.82, 2.24) is 8.61 Å². The molecule has 0 saturated heterocycles. The Balaban J connectivity index is 4.41. The van der Waals surface area contributed by atoms with Crippen LogP contribution in [-0.2, 0) is 15.0 Å². The summed E-state index contributed by atoms with van der Waals surface area (Å²) in [6.45, 7) is 0.00477. The molecule has 0 fully saturated rings. The summed E-state index contributed by atoms with van der Waals surface area (Å²) in [5.74, 6) is -1.05. The Bertz CT molecular complexity index is 373. The second kappa shape index (κ2) is 6.42. The van der Waals surface area contributed by atoms with Crippen LogP contribution in [0.5, 0.6) is 0 Å². The van der Waals surface area contributed by atoms with Crippen molar-refractivity contribution in [1.29, 1.82) is 5.26 Å². The number of carboxylic acids is 1. The number of nitrogens with zero attached hydrogens (tertiary/aromatic N) is 3. The molecule has 8 heteroatoms. The third-order valence-electron chi connectivity index (χ3n) is 1.97. The van der Waals surface area contributed by atoms with Gasteiger partial charge in [-0.1, -0.05) is 0 Å². The molecule has 0 aromatic carbocycles.